The average Bonchev–Trinajstić information content (AvgIpc) is 3.46. The van der Waals surface area contributed by atoms with Gasteiger partial charge in [0.05, 0.1) is 17.0 Å². The maximum absolute atomic E-state index is 12.8. The number of carbonyl (C=O) groups excluding carboxylic acids is 2. The second kappa shape index (κ2) is 7.49. The van der Waals surface area contributed by atoms with Crippen molar-refractivity contribution in [1.29, 1.82) is 0 Å². The standard InChI is InChI=1S/C25H19N3O2S/c1-14-20(12-29)15(2)26-21(14)11-19-17-9-6-10-18(23(17)28-24(19)30)22-13-31-25(27-22)16-7-4-3-5-8-16/h3-13,26H,1-2H3,(H,28,30)/b19-11-. The number of hydrogen-bond acceptors (Lipinski definition) is 4. The lowest BCUT2D eigenvalue weighted by Gasteiger charge is -2.05. The molecule has 6 heteroatoms. The van der Waals surface area contributed by atoms with Crippen molar-refractivity contribution in [1.82, 2.24) is 9.97 Å². The Bertz CT molecular complexity index is 1360. The van der Waals surface area contributed by atoms with E-state index in [-0.39, 0.29) is 5.91 Å². The van der Waals surface area contributed by atoms with Gasteiger partial charge in [-0.1, -0.05) is 48.5 Å². The van der Waals surface area contributed by atoms with Crippen molar-refractivity contribution in [2.24, 2.45) is 0 Å². The third-order valence-electron chi connectivity index (χ3n) is 5.58. The molecule has 5 rings (SSSR count). The number of aldehydes is 1. The maximum atomic E-state index is 12.8. The van der Waals surface area contributed by atoms with E-state index in [4.69, 9.17) is 4.98 Å². The normalized spacial score (nSPS) is 14.0. The molecule has 3 heterocycles. The highest BCUT2D eigenvalue weighted by molar-refractivity contribution is 7.13. The summed E-state index contributed by atoms with van der Waals surface area (Å²) in [6, 6.07) is 15.9. The van der Waals surface area contributed by atoms with Crippen molar-refractivity contribution in [3.63, 3.8) is 0 Å². The Kier molecular flexibility index (Phi) is 4.64. The molecule has 152 valence electrons. The van der Waals surface area contributed by atoms with Gasteiger partial charge in [-0.2, -0.15) is 0 Å². The van der Waals surface area contributed by atoms with E-state index in [2.05, 4.69) is 10.3 Å². The van der Waals surface area contributed by atoms with E-state index in [9.17, 15) is 9.59 Å². The quantitative estimate of drug-likeness (QED) is 0.324. The van der Waals surface area contributed by atoms with Gasteiger partial charge in [-0.15, -0.1) is 11.3 Å². The van der Waals surface area contributed by atoms with Gasteiger partial charge in [0.25, 0.3) is 5.91 Å². The van der Waals surface area contributed by atoms with E-state index in [0.29, 0.717) is 11.1 Å². The van der Waals surface area contributed by atoms with Crippen LogP contribution >= 0.6 is 11.3 Å². The van der Waals surface area contributed by atoms with Crippen LogP contribution in [0.15, 0.2) is 53.9 Å². The number of thiazole rings is 1. The molecule has 2 N–H and O–H groups in total. The number of nitrogens with one attached hydrogen (secondary N) is 2. The highest BCUT2D eigenvalue weighted by Gasteiger charge is 2.28. The summed E-state index contributed by atoms with van der Waals surface area (Å²) in [5.74, 6) is -0.166. The minimum Gasteiger partial charge on any atom is -0.358 e. The molecule has 2 aromatic heterocycles. The van der Waals surface area contributed by atoms with Gasteiger partial charge in [0.15, 0.2) is 6.29 Å². The molecule has 0 radical (unpaired) electrons. The fraction of sp³-hybridized carbons (Fsp3) is 0.0800. The Morgan fingerprint density at radius 1 is 1.00 bits per heavy atom. The number of nitrogens with zero attached hydrogens (tertiary/aromatic N) is 1. The lowest BCUT2D eigenvalue weighted by Crippen LogP contribution is -2.04. The Morgan fingerprint density at radius 2 is 1.77 bits per heavy atom. The zero-order valence-electron chi connectivity index (χ0n) is 17.0. The second-order valence-electron chi connectivity index (χ2n) is 7.46. The van der Waals surface area contributed by atoms with Gasteiger partial charge in [-0.3, -0.25) is 9.59 Å². The number of benzene rings is 2. The molecule has 2 aromatic carbocycles. The molecule has 1 amide bonds. The first-order valence-corrected chi connectivity index (χ1v) is 10.8. The third kappa shape index (κ3) is 3.21. The Morgan fingerprint density at radius 3 is 2.52 bits per heavy atom. The predicted octanol–water partition coefficient (Wildman–Crippen LogP) is 5.73. The van der Waals surface area contributed by atoms with Crippen LogP contribution in [-0.2, 0) is 4.79 Å². The molecule has 0 bridgehead atoms. The summed E-state index contributed by atoms with van der Waals surface area (Å²) < 4.78 is 0. The molecular weight excluding hydrogens is 406 g/mol. The summed E-state index contributed by atoms with van der Waals surface area (Å²) in [4.78, 5) is 32.2. The van der Waals surface area contributed by atoms with Crippen molar-refractivity contribution < 1.29 is 9.59 Å². The first-order valence-electron chi connectivity index (χ1n) is 9.89. The minimum absolute atomic E-state index is 0.166. The number of hydrogen-bond donors (Lipinski definition) is 2. The second-order valence-corrected chi connectivity index (χ2v) is 8.32. The maximum Gasteiger partial charge on any atom is 0.256 e. The van der Waals surface area contributed by atoms with E-state index < -0.39 is 0 Å². The van der Waals surface area contributed by atoms with Gasteiger partial charge in [-0.25, -0.2) is 4.98 Å². The largest absolute Gasteiger partial charge is 0.358 e. The molecule has 0 saturated carbocycles. The monoisotopic (exact) mass is 425 g/mol. The van der Waals surface area contributed by atoms with E-state index in [0.717, 1.165) is 56.3 Å². The number of para-hydroxylation sites is 1. The first kappa shape index (κ1) is 19.2. The van der Waals surface area contributed by atoms with Gasteiger partial charge in [0, 0.05) is 39.0 Å². The van der Waals surface area contributed by atoms with Gasteiger partial charge >= 0.3 is 0 Å². The number of aromatic amines is 1. The van der Waals surface area contributed by atoms with Crippen LogP contribution in [0.4, 0.5) is 5.69 Å². The molecular formula is C25H19N3O2S. The third-order valence-corrected chi connectivity index (χ3v) is 6.47. The molecule has 0 saturated heterocycles. The van der Waals surface area contributed by atoms with Crippen LogP contribution in [0.25, 0.3) is 33.5 Å². The summed E-state index contributed by atoms with van der Waals surface area (Å²) in [6.07, 6.45) is 2.66. The highest BCUT2D eigenvalue weighted by atomic mass is 32.1. The van der Waals surface area contributed by atoms with E-state index in [1.165, 1.54) is 0 Å². The van der Waals surface area contributed by atoms with Gasteiger partial charge in [0.1, 0.15) is 5.01 Å². The molecule has 0 unspecified atom stereocenters. The summed E-state index contributed by atoms with van der Waals surface area (Å²) in [5.41, 5.74) is 7.98. The fourth-order valence-corrected chi connectivity index (χ4v) is 4.76. The van der Waals surface area contributed by atoms with Crippen LogP contribution < -0.4 is 5.32 Å². The highest BCUT2D eigenvalue weighted by Crippen LogP contribution is 2.41. The Hall–Kier alpha value is -3.77. The van der Waals surface area contributed by atoms with E-state index in [1.807, 2.05) is 73.8 Å². The van der Waals surface area contributed by atoms with Crippen molar-refractivity contribution in [3.8, 4) is 21.8 Å². The number of anilines is 1. The Labute approximate surface area is 183 Å². The number of aryl methyl sites for hydroxylation is 1. The van der Waals surface area contributed by atoms with Crippen LogP contribution in [0, 0.1) is 13.8 Å². The summed E-state index contributed by atoms with van der Waals surface area (Å²) in [6.45, 7) is 3.73. The molecule has 31 heavy (non-hydrogen) atoms. The summed E-state index contributed by atoms with van der Waals surface area (Å²) >= 11 is 1.58. The number of fused-ring (bicyclic) bond motifs is 1. The SMILES string of the molecule is Cc1[nH]c(/C=C2\C(=O)Nc3c2cccc3-c2csc(-c3ccccc3)n2)c(C)c1C=O. The molecule has 4 aromatic rings. The number of aromatic nitrogens is 2. The lowest BCUT2D eigenvalue weighted by molar-refractivity contribution is -0.110. The minimum atomic E-state index is -0.166. The summed E-state index contributed by atoms with van der Waals surface area (Å²) in [7, 11) is 0. The molecule has 5 nitrogen and oxygen atoms in total. The smallest absolute Gasteiger partial charge is 0.256 e. The molecule has 1 aliphatic rings. The number of carbonyl (C=O) groups is 2. The fourth-order valence-electron chi connectivity index (χ4n) is 3.94. The van der Waals surface area contributed by atoms with Crippen molar-refractivity contribution in [3.05, 3.63) is 82.0 Å². The van der Waals surface area contributed by atoms with Crippen molar-refractivity contribution >= 4 is 40.9 Å². The average molecular weight is 426 g/mol. The topological polar surface area (TPSA) is 74.8 Å². The predicted molar refractivity (Wildman–Crippen MR) is 125 cm³/mol. The van der Waals surface area contributed by atoms with Crippen LogP contribution in [0.5, 0.6) is 0 Å². The first-order chi connectivity index (χ1) is 15.1. The Balaban J connectivity index is 1.58. The van der Waals surface area contributed by atoms with Crippen molar-refractivity contribution in [2.75, 3.05) is 5.32 Å². The van der Waals surface area contributed by atoms with E-state index >= 15 is 0 Å². The van der Waals surface area contributed by atoms with Gasteiger partial charge in [0.2, 0.25) is 0 Å². The molecule has 1 aliphatic heterocycles. The van der Waals surface area contributed by atoms with Crippen LogP contribution in [0.3, 0.4) is 0 Å². The van der Waals surface area contributed by atoms with Crippen molar-refractivity contribution in [2.45, 2.75) is 13.8 Å². The van der Waals surface area contributed by atoms with Gasteiger partial charge in [-0.05, 0) is 25.5 Å². The zero-order chi connectivity index (χ0) is 21.5. The van der Waals surface area contributed by atoms with Crippen LogP contribution in [0.1, 0.15) is 32.9 Å². The zero-order valence-corrected chi connectivity index (χ0v) is 17.8. The molecule has 0 fully saturated rings. The number of amides is 1. The summed E-state index contributed by atoms with van der Waals surface area (Å²) in [5, 5.41) is 5.96. The number of H-pyrrole nitrogens is 1. The molecule has 0 atom stereocenters. The van der Waals surface area contributed by atoms with Crippen LogP contribution in [-0.4, -0.2) is 22.2 Å². The molecule has 0 aliphatic carbocycles. The van der Waals surface area contributed by atoms with Crippen LogP contribution in [0.2, 0.25) is 0 Å². The lowest BCUT2D eigenvalue weighted by atomic mass is 10.0. The van der Waals surface area contributed by atoms with E-state index in [1.54, 1.807) is 11.3 Å². The molecule has 0 spiro atoms. The number of rotatable bonds is 4. The van der Waals surface area contributed by atoms with Gasteiger partial charge < -0.3 is 10.3 Å².